The fourth-order valence-corrected chi connectivity index (χ4v) is 11.1. The molecule has 3 saturated heterocycles. The van der Waals surface area contributed by atoms with Crippen molar-refractivity contribution in [1.82, 2.24) is 25.1 Å². The van der Waals surface area contributed by atoms with Crippen LogP contribution < -0.4 is 31.1 Å². The molecule has 13 nitrogen and oxygen atoms in total. The first-order chi connectivity index (χ1) is 29.7. The number of rotatable bonds is 11. The zero-order chi connectivity index (χ0) is 44.0. The number of nitrogens with zero attached hydrogens (tertiary/aromatic N) is 6. The van der Waals surface area contributed by atoms with Crippen LogP contribution in [0.25, 0.3) is 0 Å². The van der Waals surface area contributed by atoms with Gasteiger partial charge in [0, 0.05) is 62.9 Å². The predicted molar refractivity (Wildman–Crippen MR) is 248 cm³/mol. The summed E-state index contributed by atoms with van der Waals surface area (Å²) in [5.74, 6) is -1.59. The summed E-state index contributed by atoms with van der Waals surface area (Å²) in [6, 6.07) is 9.39. The Labute approximate surface area is 380 Å². The number of hydrogen-bond acceptors (Lipinski definition) is 11. The van der Waals surface area contributed by atoms with E-state index in [1.807, 2.05) is 17.0 Å². The number of fused-ring (bicyclic) bond motifs is 1. The van der Waals surface area contributed by atoms with Crippen molar-refractivity contribution in [2.24, 2.45) is 5.92 Å². The second-order valence-corrected chi connectivity index (χ2v) is 20.5. The standard InChI is InChI=1S/C44H48BrCl2FN9O4P/c1-24-5-6-33(39(25(24)2)62(3)4)50-40-29(45)23-49-44(53-40)51-34-21-31(47)36(22-30(34)46)56-17-15-54(16-18-56)12-9-26-10-13-55(14-11-26)37-20-28-27(19-32(37)48)42(60)57(43(28)61)35-7-8-38(58)52-41(35)59/h5-6,19-23,26,35H,7-18H2,1-4H3,(H,52,58,59)(H2,49,50,51,53). The van der Waals surface area contributed by atoms with Crippen LogP contribution in [-0.4, -0.2) is 109 Å². The first-order valence-corrected chi connectivity index (χ1v) is 24.6. The molecule has 1 unspecified atom stereocenters. The van der Waals surface area contributed by atoms with E-state index in [1.165, 1.54) is 22.5 Å². The Morgan fingerprint density at radius 3 is 2.24 bits per heavy atom. The van der Waals surface area contributed by atoms with Crippen LogP contribution in [0.1, 0.15) is 63.9 Å². The largest absolute Gasteiger partial charge is 0.369 e. The number of piperazine rings is 1. The molecule has 1 aromatic heterocycles. The van der Waals surface area contributed by atoms with E-state index in [2.05, 4.69) is 86.0 Å². The Kier molecular flexibility index (Phi) is 13.1. The molecule has 0 spiro atoms. The molecule has 4 aliphatic heterocycles. The molecule has 3 aromatic carbocycles. The van der Waals surface area contributed by atoms with Gasteiger partial charge in [0.15, 0.2) is 0 Å². The minimum Gasteiger partial charge on any atom is -0.369 e. The van der Waals surface area contributed by atoms with E-state index < -0.39 is 35.5 Å². The summed E-state index contributed by atoms with van der Waals surface area (Å²) in [7, 11) is -0.361. The van der Waals surface area contributed by atoms with Crippen LogP contribution >= 0.6 is 47.1 Å². The summed E-state index contributed by atoms with van der Waals surface area (Å²) in [4.78, 5) is 67.3. The minimum absolute atomic E-state index is 0.0202. The van der Waals surface area contributed by atoms with Gasteiger partial charge in [-0.3, -0.25) is 34.3 Å². The molecule has 326 valence electrons. The van der Waals surface area contributed by atoms with Gasteiger partial charge in [0.1, 0.15) is 17.7 Å². The third-order valence-electron chi connectivity index (χ3n) is 12.5. The summed E-state index contributed by atoms with van der Waals surface area (Å²) >= 11 is 17.3. The molecule has 0 saturated carbocycles. The van der Waals surface area contributed by atoms with E-state index in [9.17, 15) is 19.2 Å². The maximum atomic E-state index is 15.5. The summed E-state index contributed by atoms with van der Waals surface area (Å²) in [6.45, 7) is 14.3. The Bertz CT molecular complexity index is 2460. The fourth-order valence-electron chi connectivity index (χ4n) is 8.88. The van der Waals surface area contributed by atoms with Crippen LogP contribution in [0.2, 0.25) is 10.0 Å². The average Bonchev–Trinajstić information content (AvgIpc) is 3.48. The van der Waals surface area contributed by atoms with Crippen LogP contribution in [0.4, 0.5) is 38.9 Å². The van der Waals surface area contributed by atoms with Gasteiger partial charge in [0.05, 0.1) is 42.7 Å². The van der Waals surface area contributed by atoms with Crippen LogP contribution in [0.5, 0.6) is 0 Å². The molecule has 0 aliphatic carbocycles. The molecule has 1 atom stereocenters. The Morgan fingerprint density at radius 2 is 1.55 bits per heavy atom. The molecule has 4 amide bonds. The zero-order valence-electron chi connectivity index (χ0n) is 35.0. The lowest BCUT2D eigenvalue weighted by molar-refractivity contribution is -0.136. The first kappa shape index (κ1) is 44.2. The normalized spacial score (nSPS) is 18.8. The maximum absolute atomic E-state index is 15.5. The molecule has 5 heterocycles. The number of aromatic nitrogens is 2. The van der Waals surface area contributed by atoms with E-state index in [4.69, 9.17) is 28.2 Å². The molecule has 3 fully saturated rings. The van der Waals surface area contributed by atoms with Crippen molar-refractivity contribution in [3.05, 3.63) is 85.2 Å². The maximum Gasteiger partial charge on any atom is 0.262 e. The van der Waals surface area contributed by atoms with Crippen molar-refractivity contribution >= 4 is 111 Å². The first-order valence-electron chi connectivity index (χ1n) is 20.8. The highest BCUT2D eigenvalue weighted by Gasteiger charge is 2.45. The lowest BCUT2D eigenvalue weighted by Gasteiger charge is -2.38. The van der Waals surface area contributed by atoms with Gasteiger partial charge >= 0.3 is 0 Å². The number of carbonyl (C=O) groups is 4. The molecular weight excluding hydrogens is 919 g/mol. The SMILES string of the molecule is Cc1ccc(Nc2nc(Nc3cc(Cl)c(N4CCN(CCC5CCN(c6cc7c(cc6F)C(=O)N(C6CCC(=O)NC6=O)C7=O)CC5)CC4)cc3Cl)ncc2Br)c(P(C)C)c1C. The topological polar surface area (TPSA) is 143 Å². The Balaban J connectivity index is 0.823. The van der Waals surface area contributed by atoms with Crippen molar-refractivity contribution in [3.63, 3.8) is 0 Å². The summed E-state index contributed by atoms with van der Waals surface area (Å²) in [5, 5.41) is 11.4. The zero-order valence-corrected chi connectivity index (χ0v) is 38.9. The lowest BCUT2D eigenvalue weighted by Crippen LogP contribution is -2.54. The number of imide groups is 2. The summed E-state index contributed by atoms with van der Waals surface area (Å²) in [5.41, 5.74) is 5.36. The van der Waals surface area contributed by atoms with Gasteiger partial charge in [0.2, 0.25) is 17.8 Å². The number of benzene rings is 3. The van der Waals surface area contributed by atoms with Crippen LogP contribution in [0.3, 0.4) is 0 Å². The second-order valence-electron chi connectivity index (χ2n) is 16.6. The van der Waals surface area contributed by atoms with Gasteiger partial charge in [-0.25, -0.2) is 9.37 Å². The van der Waals surface area contributed by atoms with E-state index in [1.54, 1.807) is 6.20 Å². The highest BCUT2D eigenvalue weighted by atomic mass is 79.9. The average molecular weight is 968 g/mol. The minimum atomic E-state index is -1.10. The second kappa shape index (κ2) is 18.4. The fraction of sp³-hybridized carbons (Fsp3) is 0.409. The van der Waals surface area contributed by atoms with Gasteiger partial charge in [-0.2, -0.15) is 4.98 Å². The smallest absolute Gasteiger partial charge is 0.262 e. The van der Waals surface area contributed by atoms with Crippen molar-refractivity contribution in [2.75, 3.05) is 79.6 Å². The lowest BCUT2D eigenvalue weighted by atomic mass is 9.92. The van der Waals surface area contributed by atoms with Crippen molar-refractivity contribution in [1.29, 1.82) is 0 Å². The number of aryl methyl sites for hydroxylation is 1. The number of hydrogen-bond donors (Lipinski definition) is 3. The molecule has 62 heavy (non-hydrogen) atoms. The number of nitrogens with one attached hydrogen (secondary N) is 3. The van der Waals surface area contributed by atoms with Crippen LogP contribution in [-0.2, 0) is 9.59 Å². The highest BCUT2D eigenvalue weighted by Crippen LogP contribution is 2.39. The molecule has 8 rings (SSSR count). The number of carbonyl (C=O) groups excluding carboxylic acids is 4. The quantitative estimate of drug-likeness (QED) is 0.0995. The molecule has 0 radical (unpaired) electrons. The predicted octanol–water partition coefficient (Wildman–Crippen LogP) is 7.99. The number of amides is 4. The molecule has 4 aliphatic rings. The molecule has 4 aromatic rings. The third-order valence-corrected chi connectivity index (χ3v) is 15.1. The van der Waals surface area contributed by atoms with Gasteiger partial charge in [-0.15, -0.1) is 0 Å². The monoisotopic (exact) mass is 965 g/mol. The summed E-state index contributed by atoms with van der Waals surface area (Å²) in [6.07, 6.45) is 4.53. The van der Waals surface area contributed by atoms with E-state index in [0.29, 0.717) is 46.5 Å². The van der Waals surface area contributed by atoms with Crippen LogP contribution in [0.15, 0.2) is 47.1 Å². The van der Waals surface area contributed by atoms with Crippen molar-refractivity contribution < 1.29 is 23.6 Å². The van der Waals surface area contributed by atoms with Gasteiger partial charge in [-0.1, -0.05) is 37.2 Å². The van der Waals surface area contributed by atoms with Crippen molar-refractivity contribution in [2.45, 2.75) is 52.0 Å². The number of halogens is 4. The molecular formula is C44H48BrCl2FN9O4P. The third kappa shape index (κ3) is 9.01. The van der Waals surface area contributed by atoms with Gasteiger partial charge in [-0.05, 0) is 123 Å². The number of anilines is 6. The van der Waals surface area contributed by atoms with E-state index in [0.717, 1.165) is 78.8 Å². The van der Waals surface area contributed by atoms with Gasteiger partial charge in [0.25, 0.3) is 11.8 Å². The van der Waals surface area contributed by atoms with E-state index in [-0.39, 0.29) is 37.6 Å². The Hall–Kier alpha value is -4.40. The van der Waals surface area contributed by atoms with Gasteiger partial charge < -0.3 is 20.4 Å². The molecule has 0 bridgehead atoms. The van der Waals surface area contributed by atoms with Crippen LogP contribution in [0, 0.1) is 25.6 Å². The van der Waals surface area contributed by atoms with Crippen molar-refractivity contribution in [3.8, 4) is 0 Å². The molecule has 3 N–H and O–H groups in total. The summed E-state index contributed by atoms with van der Waals surface area (Å²) < 4.78 is 16.2. The Morgan fingerprint density at radius 1 is 0.855 bits per heavy atom. The number of piperidine rings is 2. The van der Waals surface area contributed by atoms with E-state index >= 15 is 4.39 Å². The highest BCUT2D eigenvalue weighted by molar-refractivity contribution is 9.10. The molecule has 18 heteroatoms.